The molecular formula is C12H25NO2. The molecule has 0 bridgehead atoms. The maximum atomic E-state index is 11.4. The van der Waals surface area contributed by atoms with Crippen molar-refractivity contribution < 1.29 is 9.53 Å². The van der Waals surface area contributed by atoms with Crippen LogP contribution in [0.2, 0.25) is 0 Å². The lowest BCUT2D eigenvalue weighted by Crippen LogP contribution is -2.30. The highest BCUT2D eigenvalue weighted by Crippen LogP contribution is 2.21. The smallest absolute Gasteiger partial charge is 0.160 e. The summed E-state index contributed by atoms with van der Waals surface area (Å²) >= 11 is 0. The van der Waals surface area contributed by atoms with Gasteiger partial charge in [-0.2, -0.15) is 0 Å². The van der Waals surface area contributed by atoms with E-state index in [2.05, 4.69) is 20.8 Å². The zero-order valence-corrected chi connectivity index (χ0v) is 10.5. The van der Waals surface area contributed by atoms with Gasteiger partial charge in [0.05, 0.1) is 0 Å². The van der Waals surface area contributed by atoms with Gasteiger partial charge >= 0.3 is 0 Å². The van der Waals surface area contributed by atoms with E-state index in [1.165, 1.54) is 0 Å². The summed E-state index contributed by atoms with van der Waals surface area (Å²) in [6.45, 7) is 9.28. The van der Waals surface area contributed by atoms with E-state index in [1.54, 1.807) is 0 Å². The second-order valence-electron chi connectivity index (χ2n) is 5.32. The number of Topliss-reactive ketones (excluding diaryl/α,β-unsaturated/α-hetero) is 1. The molecule has 0 aliphatic rings. The average molecular weight is 215 g/mol. The molecule has 0 saturated heterocycles. The molecule has 0 amide bonds. The van der Waals surface area contributed by atoms with E-state index in [0.29, 0.717) is 13.0 Å². The van der Waals surface area contributed by atoms with Crippen molar-refractivity contribution in [2.24, 2.45) is 11.1 Å². The van der Waals surface area contributed by atoms with E-state index in [-0.39, 0.29) is 23.8 Å². The Kier molecular flexibility index (Phi) is 6.77. The number of hydrogen-bond donors (Lipinski definition) is 1. The molecule has 0 heterocycles. The maximum Gasteiger partial charge on any atom is 0.160 e. The van der Waals surface area contributed by atoms with Gasteiger partial charge in [-0.15, -0.1) is 0 Å². The molecule has 3 nitrogen and oxygen atoms in total. The summed E-state index contributed by atoms with van der Waals surface area (Å²) in [6, 6.07) is -0.0391. The number of ether oxygens (including phenoxy) is 1. The van der Waals surface area contributed by atoms with Gasteiger partial charge in [0.25, 0.3) is 0 Å². The summed E-state index contributed by atoms with van der Waals surface area (Å²) in [7, 11) is 0. The van der Waals surface area contributed by atoms with E-state index in [1.807, 2.05) is 6.92 Å². The summed E-state index contributed by atoms with van der Waals surface area (Å²) in [5.41, 5.74) is 6.07. The van der Waals surface area contributed by atoms with Crippen LogP contribution in [0.25, 0.3) is 0 Å². The fourth-order valence-corrected chi connectivity index (χ4v) is 1.54. The molecule has 1 unspecified atom stereocenters. The highest BCUT2D eigenvalue weighted by Gasteiger charge is 2.17. The lowest BCUT2D eigenvalue weighted by molar-refractivity contribution is -0.124. The minimum absolute atomic E-state index is 0.0391. The van der Waals surface area contributed by atoms with Gasteiger partial charge in [0.1, 0.15) is 6.61 Å². The van der Waals surface area contributed by atoms with Crippen molar-refractivity contribution in [3.8, 4) is 0 Å². The van der Waals surface area contributed by atoms with Gasteiger partial charge in [0.2, 0.25) is 0 Å². The molecule has 0 aromatic carbocycles. The van der Waals surface area contributed by atoms with Crippen LogP contribution in [0.4, 0.5) is 0 Å². The Morgan fingerprint density at radius 2 is 2.00 bits per heavy atom. The quantitative estimate of drug-likeness (QED) is 0.662. The highest BCUT2D eigenvalue weighted by atomic mass is 16.5. The van der Waals surface area contributed by atoms with Gasteiger partial charge in [-0.25, -0.2) is 0 Å². The van der Waals surface area contributed by atoms with Gasteiger partial charge in [0, 0.05) is 19.1 Å². The molecule has 0 fully saturated rings. The molecule has 0 spiro atoms. The molecule has 0 aromatic rings. The second-order valence-corrected chi connectivity index (χ2v) is 5.32. The molecule has 0 rings (SSSR count). The van der Waals surface area contributed by atoms with Crippen LogP contribution < -0.4 is 5.73 Å². The first-order valence-electron chi connectivity index (χ1n) is 5.70. The largest absolute Gasteiger partial charge is 0.374 e. The van der Waals surface area contributed by atoms with Gasteiger partial charge in [-0.1, -0.05) is 27.7 Å². The van der Waals surface area contributed by atoms with Crippen molar-refractivity contribution in [2.45, 2.75) is 53.0 Å². The molecule has 1 atom stereocenters. The van der Waals surface area contributed by atoms with Crippen LogP contribution in [0.5, 0.6) is 0 Å². The Morgan fingerprint density at radius 3 is 2.47 bits per heavy atom. The standard InChI is InChI=1S/C12H25NO2/c1-5-6-15-9-11(14)7-10(13)8-12(2,3)4/h10H,5-9,13H2,1-4H3. The zero-order chi connectivity index (χ0) is 11.9. The summed E-state index contributed by atoms with van der Waals surface area (Å²) in [5, 5.41) is 0. The van der Waals surface area contributed by atoms with Crippen LogP contribution in [-0.4, -0.2) is 25.0 Å². The minimum Gasteiger partial charge on any atom is -0.374 e. The van der Waals surface area contributed by atoms with Crippen LogP contribution in [0.3, 0.4) is 0 Å². The number of nitrogens with two attached hydrogens (primary N) is 1. The molecule has 0 aliphatic carbocycles. The highest BCUT2D eigenvalue weighted by molar-refractivity contribution is 5.80. The fourth-order valence-electron chi connectivity index (χ4n) is 1.54. The lowest BCUT2D eigenvalue weighted by Gasteiger charge is -2.22. The molecule has 90 valence electrons. The maximum absolute atomic E-state index is 11.4. The number of carbonyl (C=O) groups is 1. The van der Waals surface area contributed by atoms with E-state index in [4.69, 9.17) is 10.5 Å². The number of ketones is 1. The van der Waals surface area contributed by atoms with Crippen LogP contribution in [-0.2, 0) is 9.53 Å². The Morgan fingerprint density at radius 1 is 1.40 bits per heavy atom. The molecular weight excluding hydrogens is 190 g/mol. The first kappa shape index (κ1) is 14.6. The number of hydrogen-bond acceptors (Lipinski definition) is 3. The molecule has 0 aromatic heterocycles. The third-order valence-corrected chi connectivity index (χ3v) is 1.98. The third-order valence-electron chi connectivity index (χ3n) is 1.98. The zero-order valence-electron chi connectivity index (χ0n) is 10.5. The molecule has 0 radical (unpaired) electrons. The van der Waals surface area contributed by atoms with Gasteiger partial charge in [-0.05, 0) is 18.3 Å². The van der Waals surface area contributed by atoms with E-state index in [9.17, 15) is 4.79 Å². The van der Waals surface area contributed by atoms with Gasteiger partial charge in [0.15, 0.2) is 5.78 Å². The first-order valence-corrected chi connectivity index (χ1v) is 5.70. The monoisotopic (exact) mass is 215 g/mol. The predicted octanol–water partition coefficient (Wildman–Crippen LogP) is 2.14. The average Bonchev–Trinajstić information content (AvgIpc) is 2.00. The normalized spacial score (nSPS) is 13.9. The van der Waals surface area contributed by atoms with Crippen molar-refractivity contribution in [3.63, 3.8) is 0 Å². The lowest BCUT2D eigenvalue weighted by atomic mass is 9.87. The van der Waals surface area contributed by atoms with E-state index < -0.39 is 0 Å². The Hall–Kier alpha value is -0.410. The van der Waals surface area contributed by atoms with Crippen LogP contribution >= 0.6 is 0 Å². The SMILES string of the molecule is CCCOCC(=O)CC(N)CC(C)(C)C. The number of carbonyl (C=O) groups excluding carboxylic acids is 1. The van der Waals surface area contributed by atoms with Crippen molar-refractivity contribution >= 4 is 5.78 Å². The van der Waals surface area contributed by atoms with Gasteiger partial charge < -0.3 is 10.5 Å². The second kappa shape index (κ2) is 6.96. The van der Waals surface area contributed by atoms with Crippen LogP contribution in [0, 0.1) is 5.41 Å². The number of rotatable bonds is 7. The Balaban J connectivity index is 3.67. The molecule has 3 heteroatoms. The molecule has 2 N–H and O–H groups in total. The van der Waals surface area contributed by atoms with Crippen LogP contribution in [0.1, 0.15) is 47.0 Å². The third kappa shape index (κ3) is 9.88. The fraction of sp³-hybridized carbons (Fsp3) is 0.917. The molecule has 0 aliphatic heterocycles. The summed E-state index contributed by atoms with van der Waals surface area (Å²) in [6.07, 6.45) is 2.24. The van der Waals surface area contributed by atoms with Crippen molar-refractivity contribution in [3.05, 3.63) is 0 Å². The van der Waals surface area contributed by atoms with Crippen LogP contribution in [0.15, 0.2) is 0 Å². The first-order chi connectivity index (χ1) is 6.85. The van der Waals surface area contributed by atoms with Crippen molar-refractivity contribution in [2.75, 3.05) is 13.2 Å². The van der Waals surface area contributed by atoms with Crippen molar-refractivity contribution in [1.82, 2.24) is 0 Å². The summed E-state index contributed by atoms with van der Waals surface area (Å²) in [4.78, 5) is 11.4. The topological polar surface area (TPSA) is 52.3 Å². The van der Waals surface area contributed by atoms with E-state index in [0.717, 1.165) is 12.8 Å². The summed E-state index contributed by atoms with van der Waals surface area (Å²) in [5.74, 6) is 0.111. The minimum atomic E-state index is -0.0391. The summed E-state index contributed by atoms with van der Waals surface area (Å²) < 4.78 is 5.17. The Labute approximate surface area is 93.4 Å². The van der Waals surface area contributed by atoms with E-state index >= 15 is 0 Å². The molecule has 15 heavy (non-hydrogen) atoms. The van der Waals surface area contributed by atoms with Crippen molar-refractivity contribution in [1.29, 1.82) is 0 Å². The molecule has 0 saturated carbocycles. The predicted molar refractivity (Wildman–Crippen MR) is 62.8 cm³/mol. The van der Waals surface area contributed by atoms with Gasteiger partial charge in [-0.3, -0.25) is 4.79 Å². The Bertz CT molecular complexity index is 185.